The molecule has 2 rings (SSSR count). The van der Waals surface area contributed by atoms with Crippen molar-refractivity contribution in [2.75, 3.05) is 7.11 Å². The maximum atomic E-state index is 12.1. The number of rotatable bonds is 4. The number of amides is 1. The van der Waals surface area contributed by atoms with E-state index < -0.39 is 0 Å². The molecule has 2 aromatic rings. The van der Waals surface area contributed by atoms with Crippen molar-refractivity contribution in [3.05, 3.63) is 63.6 Å². The number of halogens is 1. The molecule has 2 aromatic carbocycles. The van der Waals surface area contributed by atoms with Gasteiger partial charge >= 0.3 is 0 Å². The molecule has 0 atom stereocenters. The first-order valence-electron chi connectivity index (χ1n) is 6.28. The van der Waals surface area contributed by atoms with E-state index in [9.17, 15) is 4.79 Å². The minimum Gasteiger partial charge on any atom is -0.496 e. The molecule has 0 saturated carbocycles. The van der Waals surface area contributed by atoms with Gasteiger partial charge in [-0.05, 0) is 36.8 Å². The van der Waals surface area contributed by atoms with Crippen LogP contribution in [0.2, 0.25) is 0 Å². The molecule has 0 aliphatic heterocycles. The average molecular weight is 334 g/mol. The highest BCUT2D eigenvalue weighted by Crippen LogP contribution is 2.18. The smallest absolute Gasteiger partial charge is 0.251 e. The Morgan fingerprint density at radius 3 is 2.70 bits per heavy atom. The number of benzene rings is 2. The first-order chi connectivity index (χ1) is 9.61. The van der Waals surface area contributed by atoms with Crippen LogP contribution in [0.4, 0.5) is 0 Å². The van der Waals surface area contributed by atoms with Crippen molar-refractivity contribution in [2.24, 2.45) is 0 Å². The Hall–Kier alpha value is -1.81. The van der Waals surface area contributed by atoms with E-state index in [2.05, 4.69) is 21.2 Å². The van der Waals surface area contributed by atoms with Crippen LogP contribution in [0.5, 0.6) is 5.75 Å². The lowest BCUT2D eigenvalue weighted by atomic mass is 10.1. The molecule has 0 bridgehead atoms. The third kappa shape index (κ3) is 3.39. The average Bonchev–Trinajstić information content (AvgIpc) is 2.47. The van der Waals surface area contributed by atoms with Crippen molar-refractivity contribution >= 4 is 21.8 Å². The molecular weight excluding hydrogens is 318 g/mol. The van der Waals surface area contributed by atoms with Crippen LogP contribution in [0.15, 0.2) is 46.9 Å². The summed E-state index contributed by atoms with van der Waals surface area (Å²) in [6.45, 7) is 2.40. The highest BCUT2D eigenvalue weighted by Gasteiger charge is 2.08. The minimum atomic E-state index is -0.0912. The predicted molar refractivity (Wildman–Crippen MR) is 83.0 cm³/mol. The maximum Gasteiger partial charge on any atom is 0.251 e. The van der Waals surface area contributed by atoms with E-state index in [1.807, 2.05) is 43.3 Å². The van der Waals surface area contributed by atoms with Crippen LogP contribution >= 0.6 is 15.9 Å². The van der Waals surface area contributed by atoms with Gasteiger partial charge in [0.2, 0.25) is 0 Å². The molecule has 4 heteroatoms. The van der Waals surface area contributed by atoms with Gasteiger partial charge in [0, 0.05) is 22.1 Å². The number of nitrogens with one attached hydrogen (secondary N) is 1. The molecule has 104 valence electrons. The summed E-state index contributed by atoms with van der Waals surface area (Å²) in [5.41, 5.74) is 2.65. The van der Waals surface area contributed by atoms with Crippen molar-refractivity contribution < 1.29 is 9.53 Å². The predicted octanol–water partition coefficient (Wildman–Crippen LogP) is 3.70. The van der Waals surface area contributed by atoms with E-state index in [4.69, 9.17) is 4.74 Å². The fraction of sp³-hybridized carbons (Fsp3) is 0.188. The van der Waals surface area contributed by atoms with E-state index >= 15 is 0 Å². The minimum absolute atomic E-state index is 0.0912. The number of aryl methyl sites for hydroxylation is 1. The van der Waals surface area contributed by atoms with E-state index in [0.29, 0.717) is 12.1 Å². The third-order valence-electron chi connectivity index (χ3n) is 3.05. The van der Waals surface area contributed by atoms with Gasteiger partial charge in [-0.2, -0.15) is 0 Å². The number of para-hydroxylation sites is 1. The summed E-state index contributed by atoms with van der Waals surface area (Å²) in [6.07, 6.45) is 0. The molecular formula is C16H16BrNO2. The van der Waals surface area contributed by atoms with E-state index in [1.54, 1.807) is 13.2 Å². The monoisotopic (exact) mass is 333 g/mol. The zero-order valence-electron chi connectivity index (χ0n) is 11.4. The van der Waals surface area contributed by atoms with Gasteiger partial charge in [-0.3, -0.25) is 4.79 Å². The number of hydrogen-bond acceptors (Lipinski definition) is 2. The van der Waals surface area contributed by atoms with Crippen LogP contribution in [0, 0.1) is 6.92 Å². The third-order valence-corrected chi connectivity index (χ3v) is 3.94. The van der Waals surface area contributed by atoms with Crippen LogP contribution in [0.25, 0.3) is 0 Å². The number of methoxy groups -OCH3 is 1. The molecule has 0 saturated heterocycles. The summed E-state index contributed by atoms with van der Waals surface area (Å²) < 4.78 is 6.26. The van der Waals surface area contributed by atoms with E-state index in [-0.39, 0.29) is 5.91 Å². The van der Waals surface area contributed by atoms with Gasteiger partial charge in [0.1, 0.15) is 5.75 Å². The van der Waals surface area contributed by atoms with Crippen LogP contribution in [0.3, 0.4) is 0 Å². The molecule has 0 aliphatic carbocycles. The van der Waals surface area contributed by atoms with Crippen molar-refractivity contribution in [3.63, 3.8) is 0 Å². The van der Waals surface area contributed by atoms with Gasteiger partial charge in [-0.15, -0.1) is 0 Å². The first kappa shape index (κ1) is 14.6. The highest BCUT2D eigenvalue weighted by atomic mass is 79.9. The summed E-state index contributed by atoms with van der Waals surface area (Å²) >= 11 is 3.42. The molecule has 0 unspecified atom stereocenters. The van der Waals surface area contributed by atoms with Gasteiger partial charge in [-0.25, -0.2) is 0 Å². The Labute approximate surface area is 127 Å². The highest BCUT2D eigenvalue weighted by molar-refractivity contribution is 9.10. The lowest BCUT2D eigenvalue weighted by molar-refractivity contribution is 0.0950. The standard InChI is InChI=1S/C16H16BrNO2/c1-11-9-12(7-8-14(11)17)16(19)18-10-13-5-3-4-6-15(13)20-2/h3-9H,10H2,1-2H3,(H,18,19). The number of carbonyl (C=O) groups is 1. The maximum absolute atomic E-state index is 12.1. The van der Waals surface area contributed by atoms with Gasteiger partial charge in [0.15, 0.2) is 0 Å². The van der Waals surface area contributed by atoms with Crippen LogP contribution < -0.4 is 10.1 Å². The van der Waals surface area contributed by atoms with Crippen molar-refractivity contribution in [2.45, 2.75) is 13.5 Å². The summed E-state index contributed by atoms with van der Waals surface area (Å²) in [4.78, 5) is 12.1. The molecule has 1 amide bonds. The second-order valence-electron chi connectivity index (χ2n) is 4.46. The Bertz CT molecular complexity index is 626. The van der Waals surface area contributed by atoms with Gasteiger partial charge in [0.25, 0.3) is 5.91 Å². The van der Waals surface area contributed by atoms with Crippen molar-refractivity contribution in [1.82, 2.24) is 5.32 Å². The quantitative estimate of drug-likeness (QED) is 0.926. The summed E-state index contributed by atoms with van der Waals surface area (Å²) in [7, 11) is 1.62. The second-order valence-corrected chi connectivity index (χ2v) is 5.31. The second kappa shape index (κ2) is 6.57. The van der Waals surface area contributed by atoms with Crippen molar-refractivity contribution in [1.29, 1.82) is 0 Å². The molecule has 0 spiro atoms. The number of hydrogen-bond donors (Lipinski definition) is 1. The summed E-state index contributed by atoms with van der Waals surface area (Å²) in [6, 6.07) is 13.2. The molecule has 20 heavy (non-hydrogen) atoms. The first-order valence-corrected chi connectivity index (χ1v) is 7.07. The summed E-state index contributed by atoms with van der Waals surface area (Å²) in [5, 5.41) is 2.90. The number of carbonyl (C=O) groups excluding carboxylic acids is 1. The Kier molecular flexibility index (Phi) is 4.79. The van der Waals surface area contributed by atoms with E-state index in [1.165, 1.54) is 0 Å². The molecule has 0 radical (unpaired) electrons. The Morgan fingerprint density at radius 1 is 1.25 bits per heavy atom. The van der Waals surface area contributed by atoms with Crippen LogP contribution in [-0.4, -0.2) is 13.0 Å². The van der Waals surface area contributed by atoms with Gasteiger partial charge in [-0.1, -0.05) is 34.1 Å². The lowest BCUT2D eigenvalue weighted by Crippen LogP contribution is -2.23. The zero-order chi connectivity index (χ0) is 14.5. The molecule has 3 nitrogen and oxygen atoms in total. The molecule has 0 fully saturated rings. The van der Waals surface area contributed by atoms with Crippen LogP contribution in [-0.2, 0) is 6.54 Å². The number of ether oxygens (including phenoxy) is 1. The fourth-order valence-electron chi connectivity index (χ4n) is 1.91. The zero-order valence-corrected chi connectivity index (χ0v) is 13.0. The normalized spacial score (nSPS) is 10.2. The SMILES string of the molecule is COc1ccccc1CNC(=O)c1ccc(Br)c(C)c1. The van der Waals surface area contributed by atoms with Gasteiger partial charge < -0.3 is 10.1 Å². The van der Waals surface area contributed by atoms with Crippen molar-refractivity contribution in [3.8, 4) is 5.75 Å². The Balaban J connectivity index is 2.06. The molecule has 0 heterocycles. The molecule has 1 N–H and O–H groups in total. The van der Waals surface area contributed by atoms with E-state index in [0.717, 1.165) is 21.3 Å². The van der Waals surface area contributed by atoms with Crippen LogP contribution in [0.1, 0.15) is 21.5 Å². The fourth-order valence-corrected chi connectivity index (χ4v) is 2.16. The molecule has 0 aromatic heterocycles. The topological polar surface area (TPSA) is 38.3 Å². The molecule has 0 aliphatic rings. The lowest BCUT2D eigenvalue weighted by Gasteiger charge is -2.10. The summed E-state index contributed by atoms with van der Waals surface area (Å²) in [5.74, 6) is 0.686. The largest absolute Gasteiger partial charge is 0.496 e. The van der Waals surface area contributed by atoms with Gasteiger partial charge in [0.05, 0.1) is 7.11 Å². The Morgan fingerprint density at radius 2 is 2.00 bits per heavy atom.